The van der Waals surface area contributed by atoms with Crippen LogP contribution >= 0.6 is 0 Å². The predicted molar refractivity (Wildman–Crippen MR) is 172 cm³/mol. The highest BCUT2D eigenvalue weighted by atomic mass is 19.1. The normalized spacial score (nSPS) is 36.1. The first-order chi connectivity index (χ1) is 21.2. The molecule has 3 saturated carbocycles. The third-order valence-electron chi connectivity index (χ3n) is 11.9. The fourth-order valence-electron chi connectivity index (χ4n) is 9.78. The van der Waals surface area contributed by atoms with Gasteiger partial charge < -0.3 is 25.4 Å². The van der Waals surface area contributed by atoms with Crippen molar-refractivity contribution in [3.05, 3.63) is 100 Å². The molecule has 0 radical (unpaired) electrons. The van der Waals surface area contributed by atoms with E-state index < -0.39 is 40.2 Å². The Kier molecular flexibility index (Phi) is 7.80. The number of benzene rings is 2. The SMILES string of the molecule is C=C1C=CC2(C)C(=C1)CCC1(N)C2C(O)CC2(C)C1CC[C@]2(OC(O)c1c(C)ccc(OCc2cccc(C)c2)c1F)C(C)=O. The zero-order valence-corrected chi connectivity index (χ0v) is 27.0. The van der Waals surface area contributed by atoms with Crippen molar-refractivity contribution in [3.63, 3.8) is 0 Å². The number of carbonyl (C=O) groups is 1. The molecule has 0 aromatic heterocycles. The van der Waals surface area contributed by atoms with Crippen LogP contribution in [-0.4, -0.2) is 33.2 Å². The number of nitrogens with two attached hydrogens (primary N) is 1. The second-order valence-electron chi connectivity index (χ2n) is 14.5. The van der Waals surface area contributed by atoms with Crippen molar-refractivity contribution in [2.45, 2.75) is 96.9 Å². The molecular formula is C38H46FNO5. The summed E-state index contributed by atoms with van der Waals surface area (Å²) in [7, 11) is 0. The van der Waals surface area contributed by atoms with Crippen molar-refractivity contribution in [2.75, 3.05) is 0 Å². The minimum absolute atomic E-state index is 0.00786. The lowest BCUT2D eigenvalue weighted by Crippen LogP contribution is -2.72. The summed E-state index contributed by atoms with van der Waals surface area (Å²) in [5.74, 6) is -1.42. The van der Waals surface area contributed by atoms with Gasteiger partial charge in [-0.25, -0.2) is 4.39 Å². The molecule has 0 bridgehead atoms. The molecule has 240 valence electrons. The van der Waals surface area contributed by atoms with Crippen LogP contribution in [0.3, 0.4) is 0 Å². The minimum Gasteiger partial charge on any atom is -0.486 e. The lowest BCUT2D eigenvalue weighted by Gasteiger charge is -2.64. The number of aliphatic hydroxyl groups is 2. The number of ether oxygens (including phenoxy) is 2. The molecule has 8 atom stereocenters. The first kappa shape index (κ1) is 31.9. The van der Waals surface area contributed by atoms with Gasteiger partial charge in [0.05, 0.1) is 11.7 Å². The van der Waals surface area contributed by atoms with E-state index in [1.807, 2.05) is 44.2 Å². The van der Waals surface area contributed by atoms with E-state index in [1.165, 1.54) is 12.5 Å². The quantitative estimate of drug-likeness (QED) is 0.300. The molecule has 7 heteroatoms. The maximum absolute atomic E-state index is 16.0. The first-order valence-corrected chi connectivity index (χ1v) is 16.1. The molecule has 0 spiro atoms. The number of Topliss-reactive ketones (excluding diaryl/α,β-unsaturated/α-hetero) is 1. The highest BCUT2D eigenvalue weighted by molar-refractivity contribution is 5.87. The van der Waals surface area contributed by atoms with Crippen molar-refractivity contribution in [1.29, 1.82) is 0 Å². The van der Waals surface area contributed by atoms with E-state index in [4.69, 9.17) is 15.2 Å². The van der Waals surface area contributed by atoms with Gasteiger partial charge in [0.15, 0.2) is 23.6 Å². The van der Waals surface area contributed by atoms with Crippen LogP contribution in [0.25, 0.3) is 0 Å². The molecule has 45 heavy (non-hydrogen) atoms. The Hall–Kier alpha value is -3.10. The Labute approximate surface area is 265 Å². The number of hydrogen-bond acceptors (Lipinski definition) is 6. The van der Waals surface area contributed by atoms with Crippen LogP contribution in [-0.2, 0) is 16.1 Å². The molecule has 0 amide bonds. The van der Waals surface area contributed by atoms with Crippen molar-refractivity contribution in [3.8, 4) is 5.75 Å². The van der Waals surface area contributed by atoms with Gasteiger partial charge in [0, 0.05) is 22.3 Å². The Morgan fingerprint density at radius 3 is 2.67 bits per heavy atom. The van der Waals surface area contributed by atoms with Gasteiger partial charge in [0.25, 0.3) is 0 Å². The van der Waals surface area contributed by atoms with E-state index in [0.717, 1.165) is 23.1 Å². The zero-order chi connectivity index (χ0) is 32.5. The van der Waals surface area contributed by atoms with E-state index in [2.05, 4.69) is 25.7 Å². The molecule has 4 aliphatic carbocycles. The summed E-state index contributed by atoms with van der Waals surface area (Å²) >= 11 is 0. The largest absolute Gasteiger partial charge is 0.486 e. The number of allylic oxidation sites excluding steroid dienone is 5. The minimum atomic E-state index is -1.73. The third kappa shape index (κ3) is 4.77. The summed E-state index contributed by atoms with van der Waals surface area (Å²) in [6.07, 6.45) is 6.29. The topological polar surface area (TPSA) is 102 Å². The van der Waals surface area contributed by atoms with Gasteiger partial charge in [-0.2, -0.15) is 0 Å². The molecule has 0 aliphatic heterocycles. The highest BCUT2D eigenvalue weighted by Crippen LogP contribution is 2.69. The van der Waals surface area contributed by atoms with Crippen molar-refractivity contribution in [1.82, 2.24) is 0 Å². The second-order valence-corrected chi connectivity index (χ2v) is 14.5. The van der Waals surface area contributed by atoms with Crippen molar-refractivity contribution >= 4 is 5.78 Å². The smallest absolute Gasteiger partial charge is 0.185 e. The number of fused-ring (bicyclic) bond motifs is 5. The molecule has 6 nitrogen and oxygen atoms in total. The molecule has 6 rings (SSSR count). The fraction of sp³-hybridized carbons (Fsp3) is 0.500. The average molecular weight is 616 g/mol. The Balaban J connectivity index is 1.32. The zero-order valence-electron chi connectivity index (χ0n) is 27.0. The van der Waals surface area contributed by atoms with Crippen LogP contribution in [0.1, 0.15) is 81.4 Å². The van der Waals surface area contributed by atoms with Crippen LogP contribution in [0.2, 0.25) is 0 Å². The van der Waals surface area contributed by atoms with Gasteiger partial charge >= 0.3 is 0 Å². The summed E-state index contributed by atoms with van der Waals surface area (Å²) in [6, 6.07) is 11.0. The fourth-order valence-corrected chi connectivity index (χ4v) is 9.78. The molecule has 2 aromatic rings. The maximum atomic E-state index is 16.0. The van der Waals surface area contributed by atoms with Crippen LogP contribution < -0.4 is 10.5 Å². The van der Waals surface area contributed by atoms with E-state index >= 15 is 4.39 Å². The van der Waals surface area contributed by atoms with Crippen LogP contribution in [0, 0.1) is 42.3 Å². The van der Waals surface area contributed by atoms with E-state index in [1.54, 1.807) is 19.1 Å². The first-order valence-electron chi connectivity index (χ1n) is 16.1. The van der Waals surface area contributed by atoms with Gasteiger partial charge in [-0.15, -0.1) is 0 Å². The summed E-state index contributed by atoms with van der Waals surface area (Å²) in [5, 5.41) is 23.5. The number of halogens is 1. The second kappa shape index (κ2) is 11.0. The van der Waals surface area contributed by atoms with Crippen molar-refractivity contribution < 1.29 is 28.9 Å². The molecular weight excluding hydrogens is 569 g/mol. The molecule has 7 unspecified atom stereocenters. The standard InChI is InChI=1S/C38H46FNO5/c1-22-8-7-9-26(18-22)21-44-29-11-10-24(3)31(32(29)39)34(43)45-38(25(4)41)17-14-30-36(38,6)20-28(42)33-35(5)15-12-23(2)19-27(35)13-16-37(30,33)40/h7-12,15,18-19,28,30,33-34,42-43H,2,13-14,16-17,20-21,40H2,1,3-6H3/t28?,30?,33?,34?,35?,36?,37?,38-/m0/s1. The van der Waals surface area contributed by atoms with Crippen LogP contribution in [0.5, 0.6) is 5.75 Å². The number of rotatable bonds is 7. The average Bonchev–Trinajstić information content (AvgIpc) is 3.26. The van der Waals surface area contributed by atoms with E-state index in [9.17, 15) is 15.0 Å². The third-order valence-corrected chi connectivity index (χ3v) is 11.9. The number of ketones is 1. The van der Waals surface area contributed by atoms with Gasteiger partial charge in [-0.3, -0.25) is 4.79 Å². The summed E-state index contributed by atoms with van der Waals surface area (Å²) < 4.78 is 28.3. The maximum Gasteiger partial charge on any atom is 0.185 e. The molecule has 0 heterocycles. The predicted octanol–water partition coefficient (Wildman–Crippen LogP) is 6.70. The Morgan fingerprint density at radius 1 is 1.20 bits per heavy atom. The van der Waals surface area contributed by atoms with E-state index in [-0.39, 0.29) is 42.0 Å². The Morgan fingerprint density at radius 2 is 1.96 bits per heavy atom. The number of aliphatic hydroxyl groups excluding tert-OH is 2. The Bertz CT molecular complexity index is 1610. The van der Waals surface area contributed by atoms with E-state index in [0.29, 0.717) is 24.8 Å². The molecule has 0 saturated heterocycles. The number of carbonyl (C=O) groups excluding carboxylic acids is 1. The lowest BCUT2D eigenvalue weighted by molar-refractivity contribution is -0.244. The summed E-state index contributed by atoms with van der Waals surface area (Å²) in [5.41, 5.74) is 8.39. The number of aryl methyl sites for hydroxylation is 2. The summed E-state index contributed by atoms with van der Waals surface area (Å²) in [6.45, 7) is 13.5. The monoisotopic (exact) mass is 615 g/mol. The highest BCUT2D eigenvalue weighted by Gasteiger charge is 2.73. The number of hydrogen-bond donors (Lipinski definition) is 3. The molecule has 3 fully saturated rings. The molecule has 4 aliphatic rings. The lowest BCUT2D eigenvalue weighted by atomic mass is 9.43. The van der Waals surface area contributed by atoms with Crippen LogP contribution in [0.4, 0.5) is 4.39 Å². The van der Waals surface area contributed by atoms with Gasteiger partial charge in [0.1, 0.15) is 12.2 Å². The molecule has 2 aromatic carbocycles. The van der Waals surface area contributed by atoms with Gasteiger partial charge in [-0.1, -0.05) is 80.1 Å². The van der Waals surface area contributed by atoms with Crippen molar-refractivity contribution in [2.24, 2.45) is 28.4 Å². The van der Waals surface area contributed by atoms with Gasteiger partial charge in [0.2, 0.25) is 0 Å². The van der Waals surface area contributed by atoms with Gasteiger partial charge in [-0.05, 0) is 81.6 Å². The molecule has 4 N–H and O–H groups in total. The van der Waals surface area contributed by atoms with Crippen LogP contribution in [0.15, 0.2) is 72.4 Å². The summed E-state index contributed by atoms with van der Waals surface area (Å²) in [4.78, 5) is 13.7.